The van der Waals surface area contributed by atoms with E-state index in [4.69, 9.17) is 0 Å². The van der Waals surface area contributed by atoms with Crippen LogP contribution in [0.3, 0.4) is 0 Å². The second kappa shape index (κ2) is 4.49. The Balaban J connectivity index is 2.31. The van der Waals surface area contributed by atoms with Gasteiger partial charge in [-0.05, 0) is 30.3 Å². The number of carbonyl (C=O) groups excluding carboxylic acids is 1. The molecule has 5 heteroatoms. The molecule has 4 nitrogen and oxygen atoms in total. The number of nitrogens with zero attached hydrogens (tertiary/aromatic N) is 2. The molecule has 1 heterocycles. The topological polar surface area (TPSA) is 44.1 Å². The maximum absolute atomic E-state index is 11.2. The predicted molar refractivity (Wildman–Crippen MR) is 62.6 cm³/mol. The summed E-state index contributed by atoms with van der Waals surface area (Å²) < 4.78 is 7.20. The van der Waals surface area contributed by atoms with Gasteiger partial charge in [-0.25, -0.2) is 9.48 Å². The van der Waals surface area contributed by atoms with Gasteiger partial charge in [0.1, 0.15) is 0 Å². The molecule has 16 heavy (non-hydrogen) atoms. The molecule has 0 spiro atoms. The van der Waals surface area contributed by atoms with Crippen LogP contribution in [0.15, 0.2) is 41.0 Å². The summed E-state index contributed by atoms with van der Waals surface area (Å²) in [4.78, 5) is 11.2. The average molecular weight is 281 g/mol. The summed E-state index contributed by atoms with van der Waals surface area (Å²) in [5.41, 5.74) is 1.18. The molecule has 0 amide bonds. The third-order valence-corrected chi connectivity index (χ3v) is 2.60. The molecule has 0 fully saturated rings. The Labute approximate surface area is 101 Å². The van der Waals surface area contributed by atoms with Crippen LogP contribution in [0, 0.1) is 0 Å². The van der Waals surface area contributed by atoms with Crippen LogP contribution in [0.4, 0.5) is 0 Å². The van der Waals surface area contributed by atoms with E-state index in [9.17, 15) is 4.79 Å². The van der Waals surface area contributed by atoms with E-state index in [0.29, 0.717) is 5.69 Å². The first-order chi connectivity index (χ1) is 7.70. The highest BCUT2D eigenvalue weighted by atomic mass is 79.9. The Morgan fingerprint density at radius 1 is 1.31 bits per heavy atom. The molecular formula is C11H9BrN2O2. The second-order valence-electron chi connectivity index (χ2n) is 3.11. The number of esters is 1. The number of halogens is 1. The number of hydrogen-bond donors (Lipinski definition) is 0. The first-order valence-electron chi connectivity index (χ1n) is 4.60. The zero-order valence-corrected chi connectivity index (χ0v) is 10.1. The minimum atomic E-state index is -0.434. The van der Waals surface area contributed by atoms with Gasteiger partial charge in [-0.3, -0.25) is 0 Å². The lowest BCUT2D eigenvalue weighted by Crippen LogP contribution is -2.03. The van der Waals surface area contributed by atoms with Crippen molar-refractivity contribution in [1.82, 2.24) is 9.78 Å². The third-order valence-electron chi connectivity index (χ3n) is 2.07. The maximum Gasteiger partial charge on any atom is 0.358 e. The van der Waals surface area contributed by atoms with Crippen molar-refractivity contribution < 1.29 is 9.53 Å². The Morgan fingerprint density at radius 2 is 2.00 bits per heavy atom. The molecule has 0 aliphatic heterocycles. The van der Waals surface area contributed by atoms with Crippen LogP contribution in [-0.2, 0) is 4.74 Å². The van der Waals surface area contributed by atoms with E-state index in [1.165, 1.54) is 7.11 Å². The number of hydrogen-bond acceptors (Lipinski definition) is 3. The zero-order valence-electron chi connectivity index (χ0n) is 8.55. The number of rotatable bonds is 2. The standard InChI is InChI=1S/C11H9BrN2O2/c1-16-11(15)10-6-7-14(13-10)9-4-2-8(12)3-5-9/h2-7H,1H3. The van der Waals surface area contributed by atoms with Gasteiger partial charge in [0.25, 0.3) is 0 Å². The lowest BCUT2D eigenvalue weighted by Gasteiger charge is -2.00. The molecule has 1 aromatic heterocycles. The zero-order chi connectivity index (χ0) is 11.5. The van der Waals surface area contributed by atoms with Gasteiger partial charge < -0.3 is 4.74 Å². The smallest absolute Gasteiger partial charge is 0.358 e. The highest BCUT2D eigenvalue weighted by Crippen LogP contribution is 2.13. The minimum Gasteiger partial charge on any atom is -0.464 e. The molecular weight excluding hydrogens is 272 g/mol. The van der Waals surface area contributed by atoms with Gasteiger partial charge in [-0.1, -0.05) is 15.9 Å². The molecule has 0 radical (unpaired) electrons. The van der Waals surface area contributed by atoms with Crippen LogP contribution < -0.4 is 0 Å². The van der Waals surface area contributed by atoms with E-state index in [1.807, 2.05) is 24.3 Å². The summed E-state index contributed by atoms with van der Waals surface area (Å²) in [5.74, 6) is -0.434. The fraction of sp³-hybridized carbons (Fsp3) is 0.0909. The van der Waals surface area contributed by atoms with Gasteiger partial charge in [0.05, 0.1) is 12.8 Å². The van der Waals surface area contributed by atoms with Gasteiger partial charge in [-0.15, -0.1) is 0 Å². The molecule has 1 aromatic carbocycles. The number of ether oxygens (including phenoxy) is 1. The van der Waals surface area contributed by atoms with Crippen LogP contribution in [0.1, 0.15) is 10.5 Å². The van der Waals surface area contributed by atoms with Gasteiger partial charge in [0.15, 0.2) is 5.69 Å². The van der Waals surface area contributed by atoms with Crippen LogP contribution in [0.2, 0.25) is 0 Å². The van der Waals surface area contributed by atoms with Crippen LogP contribution in [0.25, 0.3) is 5.69 Å². The first kappa shape index (κ1) is 10.9. The third kappa shape index (κ3) is 2.14. The summed E-state index contributed by atoms with van der Waals surface area (Å²) in [6.07, 6.45) is 1.72. The van der Waals surface area contributed by atoms with E-state index in [-0.39, 0.29) is 0 Å². The Kier molecular flexibility index (Phi) is 3.05. The molecule has 2 aromatic rings. The fourth-order valence-electron chi connectivity index (χ4n) is 1.27. The average Bonchev–Trinajstić information content (AvgIpc) is 2.78. The molecule has 0 aliphatic carbocycles. The molecule has 0 N–H and O–H groups in total. The molecule has 0 aliphatic rings. The Bertz CT molecular complexity index is 505. The molecule has 0 atom stereocenters. The van der Waals surface area contributed by atoms with E-state index in [2.05, 4.69) is 25.8 Å². The van der Waals surface area contributed by atoms with Crippen molar-refractivity contribution in [1.29, 1.82) is 0 Å². The number of benzene rings is 1. The van der Waals surface area contributed by atoms with Crippen LogP contribution in [-0.4, -0.2) is 22.9 Å². The molecule has 0 unspecified atom stereocenters. The summed E-state index contributed by atoms with van der Waals surface area (Å²) in [7, 11) is 1.33. The Hall–Kier alpha value is -1.62. The van der Waals surface area contributed by atoms with Crippen LogP contribution in [0.5, 0.6) is 0 Å². The van der Waals surface area contributed by atoms with Crippen molar-refractivity contribution >= 4 is 21.9 Å². The summed E-state index contributed by atoms with van der Waals surface area (Å²) >= 11 is 3.35. The van der Waals surface area contributed by atoms with Gasteiger partial charge in [-0.2, -0.15) is 5.10 Å². The summed E-state index contributed by atoms with van der Waals surface area (Å²) in [6.45, 7) is 0. The monoisotopic (exact) mass is 280 g/mol. The van der Waals surface area contributed by atoms with Gasteiger partial charge >= 0.3 is 5.97 Å². The van der Waals surface area contributed by atoms with E-state index < -0.39 is 5.97 Å². The largest absolute Gasteiger partial charge is 0.464 e. The van der Waals surface area contributed by atoms with Crippen molar-refractivity contribution in [2.75, 3.05) is 7.11 Å². The van der Waals surface area contributed by atoms with Crippen molar-refractivity contribution in [2.45, 2.75) is 0 Å². The van der Waals surface area contributed by atoms with Gasteiger partial charge in [0, 0.05) is 10.7 Å². The molecule has 82 valence electrons. The predicted octanol–water partition coefficient (Wildman–Crippen LogP) is 2.42. The quantitative estimate of drug-likeness (QED) is 0.794. The van der Waals surface area contributed by atoms with E-state index >= 15 is 0 Å². The number of aromatic nitrogens is 2. The molecule has 2 rings (SSSR count). The summed E-state index contributed by atoms with van der Waals surface area (Å²) in [6, 6.07) is 9.24. The van der Waals surface area contributed by atoms with E-state index in [0.717, 1.165) is 10.2 Å². The normalized spacial score (nSPS) is 10.1. The maximum atomic E-state index is 11.2. The van der Waals surface area contributed by atoms with Crippen molar-refractivity contribution in [3.05, 3.63) is 46.7 Å². The highest BCUT2D eigenvalue weighted by Gasteiger charge is 2.09. The van der Waals surface area contributed by atoms with Crippen molar-refractivity contribution in [2.24, 2.45) is 0 Å². The number of carbonyl (C=O) groups is 1. The first-order valence-corrected chi connectivity index (χ1v) is 5.40. The van der Waals surface area contributed by atoms with E-state index in [1.54, 1.807) is 16.9 Å². The number of methoxy groups -OCH3 is 1. The highest BCUT2D eigenvalue weighted by molar-refractivity contribution is 9.10. The fourth-order valence-corrected chi connectivity index (χ4v) is 1.54. The SMILES string of the molecule is COC(=O)c1ccn(-c2ccc(Br)cc2)n1. The molecule has 0 saturated carbocycles. The van der Waals surface area contributed by atoms with Gasteiger partial charge in [0.2, 0.25) is 0 Å². The van der Waals surface area contributed by atoms with Crippen molar-refractivity contribution in [3.63, 3.8) is 0 Å². The summed E-state index contributed by atoms with van der Waals surface area (Å²) in [5, 5.41) is 4.11. The van der Waals surface area contributed by atoms with Crippen LogP contribution >= 0.6 is 15.9 Å². The molecule has 0 saturated heterocycles. The minimum absolute atomic E-state index is 0.297. The lowest BCUT2D eigenvalue weighted by molar-refractivity contribution is 0.0593. The Morgan fingerprint density at radius 3 is 2.62 bits per heavy atom. The van der Waals surface area contributed by atoms with Crippen molar-refractivity contribution in [3.8, 4) is 5.69 Å². The lowest BCUT2D eigenvalue weighted by atomic mass is 10.3. The second-order valence-corrected chi connectivity index (χ2v) is 4.03. The molecule has 0 bridgehead atoms.